The summed E-state index contributed by atoms with van der Waals surface area (Å²) in [7, 11) is 1.69. The molecule has 2 fully saturated rings. The molecule has 0 aromatic rings. The van der Waals surface area contributed by atoms with E-state index in [1.165, 1.54) is 18.6 Å². The highest BCUT2D eigenvalue weighted by Gasteiger charge is 2.40. The van der Waals surface area contributed by atoms with Crippen LogP contribution in [-0.4, -0.2) is 49.8 Å². The Hall–Kier alpha value is -0.260. The fourth-order valence-electron chi connectivity index (χ4n) is 3.05. The lowest BCUT2D eigenvalue weighted by atomic mass is 9.78. The zero-order valence-electron chi connectivity index (χ0n) is 12.1. The number of rotatable bonds is 5. The van der Waals surface area contributed by atoms with Crippen LogP contribution in [0.1, 0.15) is 32.6 Å². The van der Waals surface area contributed by atoms with Crippen molar-refractivity contribution in [3.05, 3.63) is 0 Å². The Morgan fingerprint density at radius 3 is 2.68 bits per heavy atom. The van der Waals surface area contributed by atoms with Crippen LogP contribution in [0.15, 0.2) is 0 Å². The second kappa shape index (κ2) is 6.46. The highest BCUT2D eigenvalue weighted by Crippen LogP contribution is 2.37. The summed E-state index contributed by atoms with van der Waals surface area (Å²) in [6.45, 7) is 5.39. The van der Waals surface area contributed by atoms with Gasteiger partial charge in [-0.05, 0) is 51.4 Å². The fourth-order valence-corrected chi connectivity index (χ4v) is 4.29. The lowest BCUT2D eigenvalue weighted by Gasteiger charge is -2.36. The third kappa shape index (κ3) is 3.64. The van der Waals surface area contributed by atoms with Gasteiger partial charge >= 0.3 is 0 Å². The molecule has 1 amide bonds. The number of hydrogen-bond donors (Lipinski definition) is 2. The van der Waals surface area contributed by atoms with Crippen LogP contribution in [0.3, 0.4) is 0 Å². The largest absolute Gasteiger partial charge is 0.384 e. The van der Waals surface area contributed by atoms with E-state index in [-0.39, 0.29) is 16.1 Å². The minimum atomic E-state index is -0.320. The van der Waals surface area contributed by atoms with Crippen LogP contribution >= 0.6 is 11.8 Å². The summed E-state index contributed by atoms with van der Waals surface area (Å²) in [6, 6.07) is 0. The lowest BCUT2D eigenvalue weighted by molar-refractivity contribution is -0.136. The Labute approximate surface area is 120 Å². The number of piperidine rings is 1. The number of methoxy groups -OCH3 is 1. The molecule has 1 atom stereocenters. The van der Waals surface area contributed by atoms with Gasteiger partial charge in [0.1, 0.15) is 0 Å². The van der Waals surface area contributed by atoms with Gasteiger partial charge in [0, 0.05) is 18.4 Å². The molecular formula is C14H26N2O2S. The molecule has 0 aromatic heterocycles. The van der Waals surface area contributed by atoms with Crippen molar-refractivity contribution in [2.45, 2.75) is 37.4 Å². The average Bonchev–Trinajstić information content (AvgIpc) is 2.85. The molecule has 0 aromatic carbocycles. The summed E-state index contributed by atoms with van der Waals surface area (Å²) in [5.41, 5.74) is -0.320. The zero-order chi connectivity index (χ0) is 13.8. The third-order valence-corrected chi connectivity index (χ3v) is 5.92. The molecule has 2 rings (SSSR count). The van der Waals surface area contributed by atoms with E-state index in [2.05, 4.69) is 17.6 Å². The molecule has 0 radical (unpaired) electrons. The van der Waals surface area contributed by atoms with Crippen molar-refractivity contribution in [1.29, 1.82) is 0 Å². The topological polar surface area (TPSA) is 50.4 Å². The minimum absolute atomic E-state index is 0.185. The minimum Gasteiger partial charge on any atom is -0.384 e. The molecule has 4 nitrogen and oxygen atoms in total. The Bertz CT molecular complexity index is 305. The van der Waals surface area contributed by atoms with E-state index in [1.807, 2.05) is 11.8 Å². The van der Waals surface area contributed by atoms with E-state index >= 15 is 0 Å². The van der Waals surface area contributed by atoms with Gasteiger partial charge in [0.2, 0.25) is 5.91 Å². The van der Waals surface area contributed by atoms with Crippen LogP contribution in [0, 0.1) is 5.41 Å². The van der Waals surface area contributed by atoms with E-state index in [1.54, 1.807) is 7.11 Å². The monoisotopic (exact) mass is 286 g/mol. The maximum atomic E-state index is 12.6. The van der Waals surface area contributed by atoms with Crippen molar-refractivity contribution in [3.63, 3.8) is 0 Å². The Kier molecular flexibility index (Phi) is 5.15. The maximum Gasteiger partial charge on any atom is 0.228 e. The first kappa shape index (κ1) is 15.1. The Morgan fingerprint density at radius 1 is 1.37 bits per heavy atom. The van der Waals surface area contributed by atoms with Crippen molar-refractivity contribution < 1.29 is 9.53 Å². The van der Waals surface area contributed by atoms with Crippen molar-refractivity contribution in [2.75, 3.05) is 39.1 Å². The first-order valence-electron chi connectivity index (χ1n) is 7.22. The van der Waals surface area contributed by atoms with Crippen molar-refractivity contribution >= 4 is 17.7 Å². The number of amides is 1. The molecule has 0 bridgehead atoms. The number of nitrogens with one attached hydrogen (secondary N) is 2. The van der Waals surface area contributed by atoms with Crippen molar-refractivity contribution in [3.8, 4) is 0 Å². The van der Waals surface area contributed by atoms with Crippen LogP contribution < -0.4 is 10.6 Å². The smallest absolute Gasteiger partial charge is 0.228 e. The lowest BCUT2D eigenvalue weighted by Crippen LogP contribution is -2.52. The number of carbonyl (C=O) groups is 1. The molecular weight excluding hydrogens is 260 g/mol. The quantitative estimate of drug-likeness (QED) is 0.802. The molecule has 2 saturated heterocycles. The predicted octanol–water partition coefficient (Wildman–Crippen LogP) is 1.40. The van der Waals surface area contributed by atoms with Gasteiger partial charge in [0.25, 0.3) is 0 Å². The summed E-state index contributed by atoms with van der Waals surface area (Å²) in [5.74, 6) is 1.41. The van der Waals surface area contributed by atoms with Gasteiger partial charge in [0.15, 0.2) is 0 Å². The van der Waals surface area contributed by atoms with Gasteiger partial charge < -0.3 is 15.4 Å². The normalized spacial score (nSPS) is 30.2. The zero-order valence-corrected chi connectivity index (χ0v) is 12.9. The van der Waals surface area contributed by atoms with Crippen molar-refractivity contribution in [2.24, 2.45) is 5.41 Å². The van der Waals surface area contributed by atoms with Gasteiger partial charge in [-0.2, -0.15) is 11.8 Å². The van der Waals surface area contributed by atoms with Gasteiger partial charge in [-0.3, -0.25) is 4.79 Å². The summed E-state index contributed by atoms with van der Waals surface area (Å²) in [6.07, 6.45) is 4.22. The summed E-state index contributed by atoms with van der Waals surface area (Å²) >= 11 is 1.99. The van der Waals surface area contributed by atoms with E-state index in [0.29, 0.717) is 6.61 Å². The van der Waals surface area contributed by atoms with Gasteiger partial charge in [0.05, 0.1) is 12.0 Å². The highest BCUT2D eigenvalue weighted by molar-refractivity contribution is 8.00. The molecule has 0 aliphatic carbocycles. The highest BCUT2D eigenvalue weighted by atomic mass is 32.2. The van der Waals surface area contributed by atoms with Crippen LogP contribution in [0.5, 0.6) is 0 Å². The van der Waals surface area contributed by atoms with Crippen LogP contribution in [0.4, 0.5) is 0 Å². The van der Waals surface area contributed by atoms with Crippen molar-refractivity contribution in [1.82, 2.24) is 10.6 Å². The molecule has 2 aliphatic heterocycles. The third-order valence-electron chi connectivity index (χ3n) is 4.39. The standard InChI is InChI=1S/C14H26N2O2S/c1-13(4-3-9-19-13)10-16-12(17)14(11-18-2)5-7-15-8-6-14/h15H,3-11H2,1-2H3,(H,16,17). The van der Waals surface area contributed by atoms with Gasteiger partial charge in [-0.25, -0.2) is 0 Å². The van der Waals surface area contributed by atoms with Gasteiger partial charge in [-0.1, -0.05) is 0 Å². The van der Waals surface area contributed by atoms with E-state index in [4.69, 9.17) is 4.74 Å². The molecule has 19 heavy (non-hydrogen) atoms. The van der Waals surface area contributed by atoms with Crippen LogP contribution in [0.25, 0.3) is 0 Å². The van der Waals surface area contributed by atoms with Crippen LogP contribution in [-0.2, 0) is 9.53 Å². The molecule has 0 spiro atoms. The number of carbonyl (C=O) groups excluding carboxylic acids is 1. The second-order valence-electron chi connectivity index (χ2n) is 6.05. The molecule has 2 N–H and O–H groups in total. The molecule has 0 saturated carbocycles. The van der Waals surface area contributed by atoms with E-state index in [9.17, 15) is 4.79 Å². The number of thioether (sulfide) groups is 1. The molecule has 1 unspecified atom stereocenters. The number of hydrogen-bond acceptors (Lipinski definition) is 4. The second-order valence-corrected chi connectivity index (χ2v) is 7.73. The molecule has 5 heteroatoms. The first-order chi connectivity index (χ1) is 9.10. The summed E-state index contributed by atoms with van der Waals surface area (Å²) in [5, 5.41) is 6.51. The first-order valence-corrected chi connectivity index (χ1v) is 8.21. The number of ether oxygens (including phenoxy) is 1. The van der Waals surface area contributed by atoms with E-state index in [0.717, 1.165) is 32.5 Å². The molecule has 2 aliphatic rings. The predicted molar refractivity (Wildman–Crippen MR) is 79.5 cm³/mol. The Morgan fingerprint density at radius 2 is 2.11 bits per heavy atom. The molecule has 110 valence electrons. The Balaban J connectivity index is 1.91. The summed E-state index contributed by atoms with van der Waals surface area (Å²) in [4.78, 5) is 12.6. The SMILES string of the molecule is COCC1(C(=O)NCC2(C)CCCS2)CCNCC1. The molecule has 2 heterocycles. The summed E-state index contributed by atoms with van der Waals surface area (Å²) < 4.78 is 5.54. The van der Waals surface area contributed by atoms with Crippen LogP contribution in [0.2, 0.25) is 0 Å². The van der Waals surface area contributed by atoms with E-state index < -0.39 is 0 Å². The average molecular weight is 286 g/mol. The maximum absolute atomic E-state index is 12.6. The van der Waals surface area contributed by atoms with Gasteiger partial charge in [-0.15, -0.1) is 0 Å². The fraction of sp³-hybridized carbons (Fsp3) is 0.929.